The minimum absolute atomic E-state index is 0.264. The van der Waals surface area contributed by atoms with Crippen LogP contribution < -0.4 is 10.6 Å². The van der Waals surface area contributed by atoms with E-state index in [9.17, 15) is 9.00 Å². The van der Waals surface area contributed by atoms with Gasteiger partial charge in [-0.1, -0.05) is 5.16 Å². The van der Waals surface area contributed by atoms with Gasteiger partial charge in [0.25, 0.3) is 0 Å². The third-order valence-electron chi connectivity index (χ3n) is 2.12. The highest BCUT2D eigenvalue weighted by Gasteiger charge is 2.18. The van der Waals surface area contributed by atoms with E-state index in [1.54, 1.807) is 13.0 Å². The molecule has 0 aliphatic rings. The Balaban J connectivity index is 2.28. The molecule has 18 heavy (non-hydrogen) atoms. The van der Waals surface area contributed by atoms with Gasteiger partial charge in [-0.2, -0.15) is 0 Å². The summed E-state index contributed by atoms with van der Waals surface area (Å²) in [4.78, 5) is 11.4. The Morgan fingerprint density at radius 3 is 2.67 bits per heavy atom. The molecule has 1 rings (SSSR count). The summed E-state index contributed by atoms with van der Waals surface area (Å²) >= 11 is 0. The Hall–Kier alpha value is -1.37. The van der Waals surface area contributed by atoms with Crippen molar-refractivity contribution in [2.45, 2.75) is 32.4 Å². The molecule has 1 atom stereocenters. The molecule has 1 aromatic rings. The van der Waals surface area contributed by atoms with Crippen LogP contribution in [0.5, 0.6) is 0 Å². The first-order valence-electron chi connectivity index (χ1n) is 5.65. The lowest BCUT2D eigenvalue weighted by Gasteiger charge is -2.17. The molecular weight excluding hydrogens is 254 g/mol. The molecule has 0 bridgehead atoms. The SMILES string of the molecule is Cc1cc(NC(=O)NCC[S@@](=O)C(C)(C)C)on1. The van der Waals surface area contributed by atoms with E-state index in [0.29, 0.717) is 23.9 Å². The number of nitrogens with one attached hydrogen (secondary N) is 2. The Kier molecular flexibility index (Phi) is 4.89. The summed E-state index contributed by atoms with van der Waals surface area (Å²) in [6.07, 6.45) is 0. The standard InChI is InChI=1S/C11H19N3O3S/c1-8-7-9(17-14-8)13-10(15)12-5-6-18(16)11(2,3)4/h7H,5-6H2,1-4H3,(H2,12,13,15)/t18-/m1/s1. The molecule has 0 saturated carbocycles. The summed E-state index contributed by atoms with van der Waals surface area (Å²) in [6.45, 7) is 7.82. The molecule has 6 nitrogen and oxygen atoms in total. The number of aryl methyl sites for hydroxylation is 1. The lowest BCUT2D eigenvalue weighted by molar-refractivity contribution is 0.251. The van der Waals surface area contributed by atoms with Crippen molar-refractivity contribution >= 4 is 22.7 Å². The summed E-state index contributed by atoms with van der Waals surface area (Å²) in [5.41, 5.74) is 0.694. The van der Waals surface area contributed by atoms with Crippen LogP contribution >= 0.6 is 0 Å². The molecule has 1 aromatic heterocycles. The topological polar surface area (TPSA) is 84.2 Å². The van der Waals surface area contributed by atoms with Crippen LogP contribution in [-0.2, 0) is 10.8 Å². The quantitative estimate of drug-likeness (QED) is 0.873. The Bertz CT molecular complexity index is 437. The number of nitrogens with zero attached hydrogens (tertiary/aromatic N) is 1. The van der Waals surface area contributed by atoms with Crippen molar-refractivity contribution in [3.05, 3.63) is 11.8 Å². The van der Waals surface area contributed by atoms with Gasteiger partial charge in [-0.3, -0.25) is 9.53 Å². The highest BCUT2D eigenvalue weighted by atomic mass is 32.2. The maximum atomic E-state index is 11.7. The van der Waals surface area contributed by atoms with Crippen molar-refractivity contribution in [1.29, 1.82) is 0 Å². The fourth-order valence-electron chi connectivity index (χ4n) is 1.14. The number of carbonyl (C=O) groups is 1. The van der Waals surface area contributed by atoms with E-state index in [1.807, 2.05) is 20.8 Å². The molecule has 0 unspecified atom stereocenters. The minimum Gasteiger partial charge on any atom is -0.338 e. The molecule has 2 N–H and O–H groups in total. The number of rotatable bonds is 4. The summed E-state index contributed by atoms with van der Waals surface area (Å²) < 4.78 is 16.3. The van der Waals surface area contributed by atoms with Crippen molar-refractivity contribution in [2.24, 2.45) is 0 Å². The van der Waals surface area contributed by atoms with E-state index in [1.165, 1.54) is 0 Å². The number of urea groups is 1. The van der Waals surface area contributed by atoms with Crippen molar-refractivity contribution < 1.29 is 13.5 Å². The van der Waals surface area contributed by atoms with Gasteiger partial charge in [-0.05, 0) is 27.7 Å². The largest absolute Gasteiger partial charge is 0.338 e. The van der Waals surface area contributed by atoms with Gasteiger partial charge in [-0.25, -0.2) is 4.79 Å². The van der Waals surface area contributed by atoms with Crippen LogP contribution in [0.15, 0.2) is 10.6 Å². The van der Waals surface area contributed by atoms with Crippen LogP contribution in [0.2, 0.25) is 0 Å². The van der Waals surface area contributed by atoms with Gasteiger partial charge < -0.3 is 9.84 Å². The molecular formula is C11H19N3O3S. The molecule has 0 radical (unpaired) electrons. The van der Waals surface area contributed by atoms with Crippen LogP contribution in [-0.4, -0.2) is 32.4 Å². The fraction of sp³-hybridized carbons (Fsp3) is 0.636. The van der Waals surface area contributed by atoms with Crippen LogP contribution in [0, 0.1) is 6.92 Å². The van der Waals surface area contributed by atoms with Crippen LogP contribution in [0.25, 0.3) is 0 Å². The van der Waals surface area contributed by atoms with E-state index in [4.69, 9.17) is 4.52 Å². The van der Waals surface area contributed by atoms with Gasteiger partial charge in [0.1, 0.15) is 0 Å². The third-order valence-corrected chi connectivity index (χ3v) is 4.06. The van der Waals surface area contributed by atoms with Crippen molar-refractivity contribution in [2.75, 3.05) is 17.6 Å². The average Bonchev–Trinajstić information content (AvgIpc) is 2.62. The summed E-state index contributed by atoms with van der Waals surface area (Å²) in [5.74, 6) is 0.716. The van der Waals surface area contributed by atoms with Crippen molar-refractivity contribution in [1.82, 2.24) is 10.5 Å². The van der Waals surface area contributed by atoms with Gasteiger partial charge in [0.2, 0.25) is 5.88 Å². The maximum Gasteiger partial charge on any atom is 0.321 e. The van der Waals surface area contributed by atoms with Gasteiger partial charge in [0.05, 0.1) is 5.69 Å². The number of hydrogen-bond acceptors (Lipinski definition) is 4. The van der Waals surface area contributed by atoms with E-state index >= 15 is 0 Å². The van der Waals surface area contributed by atoms with E-state index in [2.05, 4.69) is 15.8 Å². The number of aromatic nitrogens is 1. The van der Waals surface area contributed by atoms with Crippen molar-refractivity contribution in [3.63, 3.8) is 0 Å². The lowest BCUT2D eigenvalue weighted by Crippen LogP contribution is -2.34. The molecule has 0 aliphatic heterocycles. The first kappa shape index (κ1) is 14.7. The molecule has 0 fully saturated rings. The zero-order valence-electron chi connectivity index (χ0n) is 11.1. The monoisotopic (exact) mass is 273 g/mol. The molecule has 0 saturated heterocycles. The lowest BCUT2D eigenvalue weighted by atomic mass is 10.3. The summed E-state index contributed by atoms with van der Waals surface area (Å²) in [7, 11) is -0.974. The second-order valence-electron chi connectivity index (χ2n) is 4.88. The van der Waals surface area contributed by atoms with Crippen molar-refractivity contribution in [3.8, 4) is 0 Å². The second-order valence-corrected chi connectivity index (χ2v) is 7.20. The van der Waals surface area contributed by atoms with E-state index < -0.39 is 16.8 Å². The van der Waals surface area contributed by atoms with E-state index in [0.717, 1.165) is 0 Å². The van der Waals surface area contributed by atoms with Crippen LogP contribution in [0.3, 0.4) is 0 Å². The highest BCUT2D eigenvalue weighted by Crippen LogP contribution is 2.10. The Labute approximate surface area is 109 Å². The van der Waals surface area contributed by atoms with Gasteiger partial charge in [0, 0.05) is 33.9 Å². The first-order chi connectivity index (χ1) is 8.29. The van der Waals surface area contributed by atoms with Gasteiger partial charge >= 0.3 is 6.03 Å². The highest BCUT2D eigenvalue weighted by molar-refractivity contribution is 7.86. The number of hydrogen-bond donors (Lipinski definition) is 2. The summed E-state index contributed by atoms with van der Waals surface area (Å²) in [5, 5.41) is 8.75. The van der Waals surface area contributed by atoms with Crippen LogP contribution in [0.4, 0.5) is 10.7 Å². The third kappa shape index (κ3) is 4.87. The number of anilines is 1. The average molecular weight is 273 g/mol. The molecule has 2 amide bonds. The molecule has 0 aliphatic carbocycles. The molecule has 102 valence electrons. The van der Waals surface area contributed by atoms with Gasteiger partial charge in [0.15, 0.2) is 0 Å². The zero-order valence-corrected chi connectivity index (χ0v) is 11.9. The van der Waals surface area contributed by atoms with Gasteiger partial charge in [-0.15, -0.1) is 0 Å². The molecule has 1 heterocycles. The number of amides is 2. The minimum atomic E-state index is -0.974. The zero-order chi connectivity index (χ0) is 13.8. The van der Waals surface area contributed by atoms with E-state index in [-0.39, 0.29) is 4.75 Å². The Morgan fingerprint density at radius 1 is 1.50 bits per heavy atom. The Morgan fingerprint density at radius 2 is 2.17 bits per heavy atom. The van der Waals surface area contributed by atoms with Crippen LogP contribution in [0.1, 0.15) is 26.5 Å². The second kappa shape index (κ2) is 5.99. The molecule has 0 aromatic carbocycles. The number of carbonyl (C=O) groups excluding carboxylic acids is 1. The smallest absolute Gasteiger partial charge is 0.321 e. The maximum absolute atomic E-state index is 11.7. The first-order valence-corrected chi connectivity index (χ1v) is 6.97. The predicted molar refractivity (Wildman–Crippen MR) is 71.0 cm³/mol. The molecule has 0 spiro atoms. The summed E-state index contributed by atoms with van der Waals surface area (Å²) in [6, 6.07) is 1.23. The fourth-order valence-corrected chi connectivity index (χ4v) is 2.04. The molecule has 7 heteroatoms. The normalized spacial score (nSPS) is 13.1. The predicted octanol–water partition coefficient (Wildman–Crippen LogP) is 1.65.